The van der Waals surface area contributed by atoms with Gasteiger partial charge in [-0.05, 0) is 16.7 Å². The minimum atomic E-state index is -3.78. The van der Waals surface area contributed by atoms with Crippen molar-refractivity contribution in [1.29, 1.82) is 0 Å². The van der Waals surface area contributed by atoms with Crippen LogP contribution in [0.1, 0.15) is 30.0 Å². The number of hydrogen-bond donors (Lipinski definition) is 3. The fourth-order valence-electron chi connectivity index (χ4n) is 5.13. The number of benzene rings is 3. The van der Waals surface area contributed by atoms with E-state index in [-0.39, 0.29) is 26.4 Å². The quantitative estimate of drug-likeness (QED) is 0.234. The van der Waals surface area contributed by atoms with E-state index < -0.39 is 60.7 Å². The third-order valence-electron chi connectivity index (χ3n) is 7.25. The molecule has 3 aromatic rings. The topological polar surface area (TPSA) is 129 Å². The van der Waals surface area contributed by atoms with E-state index in [2.05, 4.69) is 5.32 Å². The lowest BCUT2D eigenvalue weighted by Crippen LogP contribution is -2.69. The number of nitrogens with one attached hydrogen (secondary N) is 1. The first-order chi connectivity index (χ1) is 21.1. The van der Waals surface area contributed by atoms with Gasteiger partial charge in [-0.3, -0.25) is 9.59 Å². The molecule has 1 amide bonds. The lowest BCUT2D eigenvalue weighted by atomic mass is 9.87. The molecule has 0 bridgehead atoms. The maximum absolute atomic E-state index is 15.9. The van der Waals surface area contributed by atoms with Gasteiger partial charge in [-0.1, -0.05) is 91.0 Å². The Morgan fingerprint density at radius 3 is 1.82 bits per heavy atom. The highest BCUT2D eigenvalue weighted by molar-refractivity contribution is 5.74. The van der Waals surface area contributed by atoms with Gasteiger partial charge in [-0.25, -0.2) is 8.78 Å². The van der Waals surface area contributed by atoms with Crippen molar-refractivity contribution >= 4 is 11.9 Å². The van der Waals surface area contributed by atoms with Crippen LogP contribution in [0, 0.1) is 0 Å². The third kappa shape index (κ3) is 9.38. The molecule has 6 atom stereocenters. The Kier molecular flexibility index (Phi) is 11.9. The highest BCUT2D eigenvalue weighted by Crippen LogP contribution is 2.38. The minimum Gasteiger partial charge on any atom is -0.480 e. The number of nitrogens with two attached hydrogens (primary N) is 1. The van der Waals surface area contributed by atoms with Crippen molar-refractivity contribution in [3.63, 3.8) is 0 Å². The molecule has 0 saturated carbocycles. The number of carboxylic acid groups (broad SMARTS) is 1. The number of rotatable bonds is 15. The lowest BCUT2D eigenvalue weighted by molar-refractivity contribution is -0.274. The van der Waals surface area contributed by atoms with E-state index in [0.717, 1.165) is 16.7 Å². The molecule has 1 aliphatic rings. The van der Waals surface area contributed by atoms with E-state index in [4.69, 9.17) is 24.7 Å². The molecule has 4 rings (SSSR count). The van der Waals surface area contributed by atoms with Gasteiger partial charge in [0.15, 0.2) is 0 Å². The van der Waals surface area contributed by atoms with Crippen LogP contribution in [0.5, 0.6) is 0 Å². The Morgan fingerprint density at radius 1 is 0.864 bits per heavy atom. The zero-order chi connectivity index (χ0) is 31.5. The second-order valence-corrected chi connectivity index (χ2v) is 10.8. The number of carbonyl (C=O) groups excluding carboxylic acids is 1. The maximum Gasteiger partial charge on any atom is 0.320 e. The summed E-state index contributed by atoms with van der Waals surface area (Å²) in [5.41, 5.74) is 8.01. The van der Waals surface area contributed by atoms with Crippen molar-refractivity contribution < 1.29 is 42.4 Å². The average Bonchev–Trinajstić information content (AvgIpc) is 3.01. The number of aliphatic carboxylic acids is 1. The van der Waals surface area contributed by atoms with E-state index in [1.165, 1.54) is 6.92 Å². The molecule has 1 aliphatic heterocycles. The van der Waals surface area contributed by atoms with Gasteiger partial charge in [0.05, 0.1) is 32.5 Å². The van der Waals surface area contributed by atoms with Crippen molar-refractivity contribution in [3.05, 3.63) is 108 Å². The van der Waals surface area contributed by atoms with Gasteiger partial charge in [-0.2, -0.15) is 0 Å². The molecule has 11 heteroatoms. The fraction of sp³-hybridized carbons (Fsp3) is 0.394. The zero-order valence-electron chi connectivity index (χ0n) is 24.4. The van der Waals surface area contributed by atoms with E-state index in [1.54, 1.807) is 0 Å². The van der Waals surface area contributed by atoms with E-state index >= 15 is 8.78 Å². The first-order valence-electron chi connectivity index (χ1n) is 14.4. The van der Waals surface area contributed by atoms with Crippen molar-refractivity contribution in [2.24, 2.45) is 5.73 Å². The largest absolute Gasteiger partial charge is 0.480 e. The molecule has 0 aromatic heterocycles. The van der Waals surface area contributed by atoms with Gasteiger partial charge in [0.1, 0.15) is 30.5 Å². The number of amides is 1. The molecule has 1 heterocycles. The van der Waals surface area contributed by atoms with Crippen molar-refractivity contribution in [3.8, 4) is 0 Å². The summed E-state index contributed by atoms with van der Waals surface area (Å²) in [4.78, 5) is 23.8. The second-order valence-electron chi connectivity index (χ2n) is 10.8. The van der Waals surface area contributed by atoms with E-state index in [1.807, 2.05) is 91.0 Å². The van der Waals surface area contributed by atoms with Crippen LogP contribution in [0.15, 0.2) is 91.0 Å². The first kappa shape index (κ1) is 33.2. The molecular formula is C33H38F2N2O7. The van der Waals surface area contributed by atoms with Gasteiger partial charge >= 0.3 is 5.97 Å². The predicted molar refractivity (Wildman–Crippen MR) is 158 cm³/mol. The first-order valence-corrected chi connectivity index (χ1v) is 14.4. The summed E-state index contributed by atoms with van der Waals surface area (Å²) in [5, 5.41) is 11.9. The van der Waals surface area contributed by atoms with Gasteiger partial charge in [-0.15, -0.1) is 0 Å². The average molecular weight is 613 g/mol. The summed E-state index contributed by atoms with van der Waals surface area (Å²) in [5.74, 6) is -5.96. The third-order valence-corrected chi connectivity index (χ3v) is 7.25. The number of ether oxygens (including phenoxy) is 4. The molecule has 9 nitrogen and oxygen atoms in total. The highest BCUT2D eigenvalue weighted by Gasteiger charge is 2.57. The number of carboxylic acids is 1. The minimum absolute atomic E-state index is 0.0251. The molecule has 0 aliphatic carbocycles. The van der Waals surface area contributed by atoms with Crippen molar-refractivity contribution in [2.75, 3.05) is 6.61 Å². The Labute approximate surface area is 255 Å². The number of carbonyl (C=O) groups is 2. The molecule has 3 aromatic carbocycles. The lowest BCUT2D eigenvalue weighted by Gasteiger charge is -2.48. The fourth-order valence-corrected chi connectivity index (χ4v) is 5.13. The summed E-state index contributed by atoms with van der Waals surface area (Å²) >= 11 is 0. The van der Waals surface area contributed by atoms with Crippen LogP contribution in [-0.2, 0) is 48.4 Å². The monoisotopic (exact) mass is 612 g/mol. The Balaban J connectivity index is 1.69. The normalized spacial score (nSPS) is 22.7. The van der Waals surface area contributed by atoms with Crippen LogP contribution in [0.4, 0.5) is 8.78 Å². The van der Waals surface area contributed by atoms with Gasteiger partial charge in [0, 0.05) is 13.3 Å². The SMILES string of the molecule is CC(=O)NC1C(OCc2ccccc2)C(OCc2ccccc2)C(COCc2ccccc2)OC1C(F)(F)CC(N)C(=O)O. The Morgan fingerprint density at radius 2 is 1.34 bits per heavy atom. The maximum atomic E-state index is 15.9. The van der Waals surface area contributed by atoms with Gasteiger partial charge in [0.25, 0.3) is 5.92 Å². The number of alkyl halides is 2. The number of hydrogen-bond acceptors (Lipinski definition) is 7. The van der Waals surface area contributed by atoms with E-state index in [9.17, 15) is 14.7 Å². The zero-order valence-corrected chi connectivity index (χ0v) is 24.4. The molecule has 236 valence electrons. The van der Waals surface area contributed by atoms with Crippen LogP contribution in [0.25, 0.3) is 0 Å². The van der Waals surface area contributed by atoms with Crippen molar-refractivity contribution in [2.45, 2.75) is 75.6 Å². The molecule has 4 N–H and O–H groups in total. The summed E-state index contributed by atoms with van der Waals surface area (Å²) in [6.45, 7) is 1.36. The van der Waals surface area contributed by atoms with Crippen LogP contribution in [0.2, 0.25) is 0 Å². The van der Waals surface area contributed by atoms with E-state index in [0.29, 0.717) is 0 Å². The highest BCUT2D eigenvalue weighted by atomic mass is 19.3. The molecule has 0 radical (unpaired) electrons. The smallest absolute Gasteiger partial charge is 0.320 e. The summed E-state index contributed by atoms with van der Waals surface area (Å²) in [7, 11) is 0. The number of halogens is 2. The molecule has 1 saturated heterocycles. The summed E-state index contributed by atoms with van der Waals surface area (Å²) in [6.07, 6.45) is -6.41. The van der Waals surface area contributed by atoms with Gasteiger partial charge in [0.2, 0.25) is 5.91 Å². The molecule has 44 heavy (non-hydrogen) atoms. The predicted octanol–water partition coefficient (Wildman–Crippen LogP) is 4.08. The van der Waals surface area contributed by atoms with Crippen LogP contribution >= 0.6 is 0 Å². The molecule has 1 fully saturated rings. The Hall–Kier alpha value is -3.74. The standard InChI is InChI=1S/C33H38F2N2O7/c1-22(38)37-28-30(43-20-25-15-9-4-10-16-25)29(42-19-24-13-7-3-8-14-24)27(21-41-18-23-11-5-2-6-12-23)44-31(28)33(34,35)17-26(36)32(39)40/h2-16,26-31H,17-21,36H2,1H3,(H,37,38)(H,39,40). The molecular weight excluding hydrogens is 574 g/mol. The van der Waals surface area contributed by atoms with Crippen LogP contribution in [-0.4, -0.2) is 66.0 Å². The molecule has 6 unspecified atom stereocenters. The van der Waals surface area contributed by atoms with Crippen molar-refractivity contribution in [1.82, 2.24) is 5.32 Å². The van der Waals surface area contributed by atoms with Gasteiger partial charge < -0.3 is 35.1 Å². The molecule has 0 spiro atoms. The van der Waals surface area contributed by atoms with Crippen LogP contribution in [0.3, 0.4) is 0 Å². The summed E-state index contributed by atoms with van der Waals surface area (Å²) in [6, 6.07) is 24.4. The Bertz CT molecular complexity index is 1320. The van der Waals surface area contributed by atoms with Crippen LogP contribution < -0.4 is 11.1 Å². The summed E-state index contributed by atoms with van der Waals surface area (Å²) < 4.78 is 56.5. The second kappa shape index (κ2) is 15.8.